The zero-order chi connectivity index (χ0) is 15.0. The molecule has 2 N–H and O–H groups in total. The number of ether oxygens (including phenoxy) is 1. The lowest BCUT2D eigenvalue weighted by molar-refractivity contribution is 0.415. The Morgan fingerprint density at radius 2 is 2.05 bits per heavy atom. The van der Waals surface area contributed by atoms with E-state index in [1.807, 2.05) is 0 Å². The number of rotatable bonds is 9. The smallest absolute Gasteiger partial charge is 0.232 e. The third-order valence-corrected chi connectivity index (χ3v) is 4.30. The first-order valence-corrected chi connectivity index (χ1v) is 8.56. The zero-order valence-electron chi connectivity index (χ0n) is 11.8. The molecule has 0 unspecified atom stereocenters. The Labute approximate surface area is 125 Å². The van der Waals surface area contributed by atoms with Gasteiger partial charge in [-0.25, -0.2) is 8.42 Å². The van der Waals surface area contributed by atoms with Gasteiger partial charge in [0.1, 0.15) is 5.75 Å². The summed E-state index contributed by atoms with van der Waals surface area (Å²) >= 11 is 5.89. The second-order valence-corrected chi connectivity index (χ2v) is 6.62. The molecule has 0 atom stereocenters. The van der Waals surface area contributed by atoms with Crippen molar-refractivity contribution in [2.24, 2.45) is 0 Å². The summed E-state index contributed by atoms with van der Waals surface area (Å²) < 4.78 is 31.4. The SMILES string of the molecule is CCCNCCCS(=O)(=O)Nc1ccc(Cl)c(OC)c1. The fraction of sp³-hybridized carbons (Fsp3) is 0.538. The van der Waals surface area contributed by atoms with Gasteiger partial charge in [-0.15, -0.1) is 0 Å². The lowest BCUT2D eigenvalue weighted by Crippen LogP contribution is -2.22. The van der Waals surface area contributed by atoms with Crippen LogP contribution in [0.15, 0.2) is 18.2 Å². The number of methoxy groups -OCH3 is 1. The van der Waals surface area contributed by atoms with Crippen molar-refractivity contribution >= 4 is 27.3 Å². The van der Waals surface area contributed by atoms with Crippen molar-refractivity contribution in [3.63, 3.8) is 0 Å². The van der Waals surface area contributed by atoms with E-state index in [1.165, 1.54) is 7.11 Å². The summed E-state index contributed by atoms with van der Waals surface area (Å²) in [5, 5.41) is 3.61. The van der Waals surface area contributed by atoms with Crippen LogP contribution in [0, 0.1) is 0 Å². The van der Waals surface area contributed by atoms with Crippen molar-refractivity contribution in [3.05, 3.63) is 23.2 Å². The van der Waals surface area contributed by atoms with E-state index in [2.05, 4.69) is 17.0 Å². The Morgan fingerprint density at radius 1 is 1.30 bits per heavy atom. The van der Waals surface area contributed by atoms with E-state index >= 15 is 0 Å². The van der Waals surface area contributed by atoms with E-state index in [4.69, 9.17) is 16.3 Å². The molecule has 114 valence electrons. The first-order chi connectivity index (χ1) is 9.48. The van der Waals surface area contributed by atoms with Crippen molar-refractivity contribution in [2.75, 3.05) is 30.7 Å². The van der Waals surface area contributed by atoms with Gasteiger partial charge < -0.3 is 10.1 Å². The van der Waals surface area contributed by atoms with Crippen LogP contribution in [0.3, 0.4) is 0 Å². The number of anilines is 1. The average Bonchev–Trinajstić information content (AvgIpc) is 2.40. The van der Waals surface area contributed by atoms with Crippen molar-refractivity contribution in [3.8, 4) is 5.75 Å². The monoisotopic (exact) mass is 320 g/mol. The minimum absolute atomic E-state index is 0.0780. The molecular formula is C13H21ClN2O3S. The van der Waals surface area contributed by atoms with E-state index in [0.29, 0.717) is 29.4 Å². The van der Waals surface area contributed by atoms with Crippen molar-refractivity contribution < 1.29 is 13.2 Å². The summed E-state index contributed by atoms with van der Waals surface area (Å²) in [4.78, 5) is 0. The minimum atomic E-state index is -3.35. The van der Waals surface area contributed by atoms with Gasteiger partial charge in [0.15, 0.2) is 0 Å². The first kappa shape index (κ1) is 17.1. The van der Waals surface area contributed by atoms with Gasteiger partial charge >= 0.3 is 0 Å². The summed E-state index contributed by atoms with van der Waals surface area (Å²) in [6.45, 7) is 3.67. The first-order valence-electron chi connectivity index (χ1n) is 6.53. The number of nitrogens with one attached hydrogen (secondary N) is 2. The summed E-state index contributed by atoms with van der Waals surface area (Å²) in [6.07, 6.45) is 1.61. The lowest BCUT2D eigenvalue weighted by Gasteiger charge is -2.10. The quantitative estimate of drug-likeness (QED) is 0.686. The molecule has 0 bridgehead atoms. The Hall–Kier alpha value is -0.980. The van der Waals surface area contributed by atoms with Gasteiger partial charge in [0.2, 0.25) is 10.0 Å². The molecule has 1 aromatic rings. The van der Waals surface area contributed by atoms with Crippen LogP contribution < -0.4 is 14.8 Å². The van der Waals surface area contributed by atoms with Crippen LogP contribution in [-0.4, -0.2) is 34.4 Å². The highest BCUT2D eigenvalue weighted by atomic mass is 35.5. The van der Waals surface area contributed by atoms with Crippen molar-refractivity contribution in [1.82, 2.24) is 5.32 Å². The van der Waals surface area contributed by atoms with Gasteiger partial charge in [-0.3, -0.25) is 4.72 Å². The van der Waals surface area contributed by atoms with Crippen LogP contribution >= 0.6 is 11.6 Å². The molecule has 0 amide bonds. The van der Waals surface area contributed by atoms with E-state index < -0.39 is 10.0 Å². The number of hydrogen-bond acceptors (Lipinski definition) is 4. The van der Waals surface area contributed by atoms with Crippen molar-refractivity contribution in [1.29, 1.82) is 0 Å². The maximum Gasteiger partial charge on any atom is 0.232 e. The summed E-state index contributed by atoms with van der Waals surface area (Å²) in [5.74, 6) is 0.519. The summed E-state index contributed by atoms with van der Waals surface area (Å²) in [7, 11) is -1.86. The van der Waals surface area contributed by atoms with Gasteiger partial charge in [0.05, 0.1) is 23.6 Å². The normalized spacial score (nSPS) is 11.3. The fourth-order valence-electron chi connectivity index (χ4n) is 1.64. The number of halogens is 1. The number of hydrogen-bond donors (Lipinski definition) is 2. The topological polar surface area (TPSA) is 67.4 Å². The van der Waals surface area contributed by atoms with Crippen LogP contribution in [0.25, 0.3) is 0 Å². The maximum atomic E-state index is 11.9. The van der Waals surface area contributed by atoms with Gasteiger partial charge in [-0.1, -0.05) is 18.5 Å². The van der Waals surface area contributed by atoms with Crippen molar-refractivity contribution in [2.45, 2.75) is 19.8 Å². The van der Waals surface area contributed by atoms with E-state index in [9.17, 15) is 8.42 Å². The highest BCUT2D eigenvalue weighted by Crippen LogP contribution is 2.27. The largest absolute Gasteiger partial charge is 0.495 e. The molecule has 1 rings (SSSR count). The third-order valence-electron chi connectivity index (χ3n) is 2.62. The molecule has 0 fully saturated rings. The lowest BCUT2D eigenvalue weighted by atomic mass is 10.3. The minimum Gasteiger partial charge on any atom is -0.495 e. The molecular weight excluding hydrogens is 300 g/mol. The highest BCUT2D eigenvalue weighted by Gasteiger charge is 2.11. The molecule has 5 nitrogen and oxygen atoms in total. The van der Waals surface area contributed by atoms with Gasteiger partial charge in [-0.05, 0) is 38.1 Å². The molecule has 0 saturated heterocycles. The molecule has 0 aliphatic rings. The molecule has 0 spiro atoms. The van der Waals surface area contributed by atoms with Crippen LogP contribution in [-0.2, 0) is 10.0 Å². The molecule has 20 heavy (non-hydrogen) atoms. The van der Waals surface area contributed by atoms with Gasteiger partial charge in [0, 0.05) is 6.07 Å². The van der Waals surface area contributed by atoms with Gasteiger partial charge in [0.25, 0.3) is 0 Å². The highest BCUT2D eigenvalue weighted by molar-refractivity contribution is 7.92. The Balaban J connectivity index is 2.53. The predicted octanol–water partition coefficient (Wildman–Crippen LogP) is 2.48. The van der Waals surface area contributed by atoms with Crippen LogP contribution in [0.1, 0.15) is 19.8 Å². The zero-order valence-corrected chi connectivity index (χ0v) is 13.4. The standard InChI is InChI=1S/C13H21ClN2O3S/c1-3-7-15-8-4-9-20(17,18)16-11-5-6-12(14)13(10-11)19-2/h5-6,10,15-16H,3-4,7-9H2,1-2H3. The second kappa shape index (κ2) is 8.34. The molecule has 0 aliphatic carbocycles. The summed E-state index contributed by atoms with van der Waals surface area (Å²) in [5.41, 5.74) is 0.452. The maximum absolute atomic E-state index is 11.9. The number of benzene rings is 1. The molecule has 0 saturated carbocycles. The molecule has 0 heterocycles. The predicted molar refractivity (Wildman–Crippen MR) is 83.2 cm³/mol. The Morgan fingerprint density at radius 3 is 2.70 bits per heavy atom. The molecule has 1 aromatic carbocycles. The van der Waals surface area contributed by atoms with Crippen LogP contribution in [0.2, 0.25) is 5.02 Å². The van der Waals surface area contributed by atoms with E-state index in [-0.39, 0.29) is 5.75 Å². The van der Waals surface area contributed by atoms with Gasteiger partial charge in [-0.2, -0.15) is 0 Å². The molecule has 0 aliphatic heterocycles. The third kappa shape index (κ3) is 5.98. The fourth-order valence-corrected chi connectivity index (χ4v) is 2.95. The number of sulfonamides is 1. The summed E-state index contributed by atoms with van der Waals surface area (Å²) in [6, 6.07) is 4.77. The average molecular weight is 321 g/mol. The Kier molecular flexibility index (Phi) is 7.12. The molecule has 0 aromatic heterocycles. The second-order valence-electron chi connectivity index (χ2n) is 4.37. The molecule has 0 radical (unpaired) electrons. The van der Waals surface area contributed by atoms with E-state index in [0.717, 1.165) is 13.0 Å². The van der Waals surface area contributed by atoms with Crippen LogP contribution in [0.4, 0.5) is 5.69 Å². The van der Waals surface area contributed by atoms with Crippen LogP contribution in [0.5, 0.6) is 5.75 Å². The van der Waals surface area contributed by atoms with E-state index in [1.54, 1.807) is 18.2 Å². The Bertz CT molecular complexity index is 520. The molecule has 7 heteroatoms.